The van der Waals surface area contributed by atoms with Gasteiger partial charge >= 0.3 is 6.18 Å². The minimum Gasteiger partial charge on any atom is -0.365 e. The molecule has 1 aromatic heterocycles. The lowest BCUT2D eigenvalue weighted by atomic mass is 10.2. The van der Waals surface area contributed by atoms with Gasteiger partial charge in [0.25, 0.3) is 0 Å². The van der Waals surface area contributed by atoms with E-state index in [0.29, 0.717) is 6.04 Å². The van der Waals surface area contributed by atoms with Crippen LogP contribution >= 0.6 is 0 Å². The van der Waals surface area contributed by atoms with Gasteiger partial charge in [-0.25, -0.2) is 4.98 Å². The van der Waals surface area contributed by atoms with Gasteiger partial charge in [-0.1, -0.05) is 0 Å². The lowest BCUT2D eigenvalue weighted by molar-refractivity contribution is -0.137. The normalized spacial score (nSPS) is 24.7. The number of nitrogens with one attached hydrogen (secondary N) is 1. The number of hydrogen-bond acceptors (Lipinski definition) is 3. The van der Waals surface area contributed by atoms with Crippen molar-refractivity contribution in [1.29, 1.82) is 0 Å². The summed E-state index contributed by atoms with van der Waals surface area (Å²) in [6, 6.07) is 3.12. The third-order valence-electron chi connectivity index (χ3n) is 3.74. The Kier molecular flexibility index (Phi) is 3.12. The highest BCUT2D eigenvalue weighted by Gasteiger charge is 2.37. The van der Waals surface area contributed by atoms with Crippen LogP contribution in [0.15, 0.2) is 18.3 Å². The summed E-state index contributed by atoms with van der Waals surface area (Å²) in [5.74, 6) is -0.0438. The molecule has 6 heteroatoms. The second kappa shape index (κ2) is 4.67. The fourth-order valence-corrected chi connectivity index (χ4v) is 2.62. The summed E-state index contributed by atoms with van der Waals surface area (Å²) < 4.78 is 38.5. The zero-order valence-electron chi connectivity index (χ0n) is 10.5. The monoisotopic (exact) mass is 271 g/mol. The number of nitrogens with zero attached hydrogens (tertiary/aromatic N) is 2. The Morgan fingerprint density at radius 2 is 2.05 bits per heavy atom. The molecule has 1 saturated carbocycles. The molecule has 3 rings (SSSR count). The van der Waals surface area contributed by atoms with Crippen molar-refractivity contribution in [3.63, 3.8) is 0 Å². The summed E-state index contributed by atoms with van der Waals surface area (Å²) >= 11 is 0. The van der Waals surface area contributed by atoms with E-state index in [-0.39, 0.29) is 11.9 Å². The molecule has 1 atom stereocenters. The largest absolute Gasteiger partial charge is 0.419 e. The molecule has 3 nitrogen and oxygen atoms in total. The SMILES string of the molecule is FC(F)(F)c1cccnc1NC1CCN(C2CC2)C1. The molecule has 0 amide bonds. The van der Waals surface area contributed by atoms with Crippen molar-refractivity contribution >= 4 is 5.82 Å². The summed E-state index contributed by atoms with van der Waals surface area (Å²) in [6.07, 6.45) is 0.370. The molecule has 2 aliphatic rings. The maximum absolute atomic E-state index is 12.8. The lowest BCUT2D eigenvalue weighted by Gasteiger charge is -2.18. The standard InChI is InChI=1S/C13H16F3N3/c14-13(15,16)11-2-1-6-17-12(11)18-9-5-7-19(8-9)10-3-4-10/h1-2,6,9-10H,3-5,7-8H2,(H,17,18). The van der Waals surface area contributed by atoms with Crippen LogP contribution in [0.4, 0.5) is 19.0 Å². The van der Waals surface area contributed by atoms with E-state index in [4.69, 9.17) is 0 Å². The zero-order chi connectivity index (χ0) is 13.5. The van der Waals surface area contributed by atoms with Gasteiger partial charge < -0.3 is 5.32 Å². The fraction of sp³-hybridized carbons (Fsp3) is 0.615. The molecule has 1 aromatic rings. The number of alkyl halides is 3. The summed E-state index contributed by atoms with van der Waals surface area (Å²) in [7, 11) is 0. The topological polar surface area (TPSA) is 28.2 Å². The molecular formula is C13H16F3N3. The van der Waals surface area contributed by atoms with Crippen molar-refractivity contribution in [3.05, 3.63) is 23.9 Å². The van der Waals surface area contributed by atoms with Gasteiger partial charge in [0.2, 0.25) is 0 Å². The highest BCUT2D eigenvalue weighted by Crippen LogP contribution is 2.35. The van der Waals surface area contributed by atoms with Crippen LogP contribution < -0.4 is 5.32 Å². The van der Waals surface area contributed by atoms with Crippen LogP contribution in [0.1, 0.15) is 24.8 Å². The molecule has 104 valence electrons. The summed E-state index contributed by atoms with van der Waals surface area (Å²) in [5, 5.41) is 2.96. The van der Waals surface area contributed by atoms with Crippen LogP contribution in [0.3, 0.4) is 0 Å². The van der Waals surface area contributed by atoms with Crippen LogP contribution in [0.5, 0.6) is 0 Å². The Bertz CT molecular complexity index is 457. The molecule has 0 aromatic carbocycles. The van der Waals surface area contributed by atoms with Crippen LogP contribution in [0, 0.1) is 0 Å². The molecule has 1 saturated heterocycles. The van der Waals surface area contributed by atoms with Crippen molar-refractivity contribution < 1.29 is 13.2 Å². The third-order valence-corrected chi connectivity index (χ3v) is 3.74. The van der Waals surface area contributed by atoms with Gasteiger partial charge in [0.05, 0.1) is 5.56 Å². The van der Waals surface area contributed by atoms with Gasteiger partial charge in [0.1, 0.15) is 5.82 Å². The number of rotatable bonds is 3. The number of hydrogen-bond donors (Lipinski definition) is 1. The highest BCUT2D eigenvalue weighted by molar-refractivity contribution is 5.46. The van der Waals surface area contributed by atoms with E-state index in [1.54, 1.807) is 0 Å². The first-order valence-electron chi connectivity index (χ1n) is 6.57. The van der Waals surface area contributed by atoms with Gasteiger partial charge in [0, 0.05) is 31.4 Å². The van der Waals surface area contributed by atoms with Crippen molar-refractivity contribution in [2.24, 2.45) is 0 Å². The van der Waals surface area contributed by atoms with Gasteiger partial charge in [-0.05, 0) is 31.4 Å². The third kappa shape index (κ3) is 2.83. The smallest absolute Gasteiger partial charge is 0.365 e. The molecular weight excluding hydrogens is 255 g/mol. The Balaban J connectivity index is 1.70. The average Bonchev–Trinajstić information content (AvgIpc) is 3.10. The van der Waals surface area contributed by atoms with E-state index in [2.05, 4.69) is 15.2 Å². The minimum absolute atomic E-state index is 0.0438. The first-order chi connectivity index (χ1) is 9.04. The zero-order valence-corrected chi connectivity index (χ0v) is 10.5. The minimum atomic E-state index is -4.36. The van der Waals surface area contributed by atoms with Crippen LogP contribution in [0.25, 0.3) is 0 Å². The summed E-state index contributed by atoms with van der Waals surface area (Å²) in [4.78, 5) is 6.20. The van der Waals surface area contributed by atoms with E-state index in [0.717, 1.165) is 25.6 Å². The number of aromatic nitrogens is 1. The number of pyridine rings is 1. The molecule has 0 bridgehead atoms. The van der Waals surface area contributed by atoms with Crippen LogP contribution in [-0.4, -0.2) is 35.1 Å². The Morgan fingerprint density at radius 3 is 2.74 bits per heavy atom. The Hall–Kier alpha value is -1.30. The number of halogens is 3. The number of anilines is 1. The lowest BCUT2D eigenvalue weighted by Crippen LogP contribution is -2.28. The molecule has 19 heavy (non-hydrogen) atoms. The second-order valence-corrected chi connectivity index (χ2v) is 5.25. The highest BCUT2D eigenvalue weighted by atomic mass is 19.4. The van der Waals surface area contributed by atoms with E-state index < -0.39 is 11.7 Å². The first kappa shape index (κ1) is 12.7. The van der Waals surface area contributed by atoms with Gasteiger partial charge in [-0.2, -0.15) is 13.2 Å². The van der Waals surface area contributed by atoms with E-state index >= 15 is 0 Å². The van der Waals surface area contributed by atoms with E-state index in [1.165, 1.54) is 25.1 Å². The van der Waals surface area contributed by atoms with Crippen LogP contribution in [-0.2, 0) is 6.18 Å². The molecule has 2 fully saturated rings. The predicted molar refractivity (Wildman–Crippen MR) is 65.9 cm³/mol. The number of likely N-dealkylation sites (tertiary alicyclic amines) is 1. The molecule has 1 unspecified atom stereocenters. The summed E-state index contributed by atoms with van der Waals surface area (Å²) in [5.41, 5.74) is -0.681. The van der Waals surface area contributed by atoms with E-state index in [9.17, 15) is 13.2 Å². The fourth-order valence-electron chi connectivity index (χ4n) is 2.62. The Morgan fingerprint density at radius 1 is 1.26 bits per heavy atom. The maximum Gasteiger partial charge on any atom is 0.419 e. The first-order valence-corrected chi connectivity index (χ1v) is 6.57. The van der Waals surface area contributed by atoms with Crippen molar-refractivity contribution in [2.75, 3.05) is 18.4 Å². The van der Waals surface area contributed by atoms with Crippen LogP contribution in [0.2, 0.25) is 0 Å². The average molecular weight is 271 g/mol. The quantitative estimate of drug-likeness (QED) is 0.916. The molecule has 0 spiro atoms. The molecule has 1 aliphatic carbocycles. The summed E-state index contributed by atoms with van der Waals surface area (Å²) in [6.45, 7) is 1.79. The predicted octanol–water partition coefficient (Wildman–Crippen LogP) is 2.75. The van der Waals surface area contributed by atoms with Crippen molar-refractivity contribution in [3.8, 4) is 0 Å². The molecule has 1 N–H and O–H groups in total. The molecule has 2 heterocycles. The Labute approximate surface area is 109 Å². The van der Waals surface area contributed by atoms with Gasteiger partial charge in [0.15, 0.2) is 0 Å². The van der Waals surface area contributed by atoms with Crippen molar-refractivity contribution in [1.82, 2.24) is 9.88 Å². The van der Waals surface area contributed by atoms with Gasteiger partial charge in [-0.15, -0.1) is 0 Å². The molecule has 1 aliphatic heterocycles. The van der Waals surface area contributed by atoms with E-state index in [1.807, 2.05) is 0 Å². The maximum atomic E-state index is 12.8. The van der Waals surface area contributed by atoms with Gasteiger partial charge in [-0.3, -0.25) is 4.90 Å². The molecule has 0 radical (unpaired) electrons. The second-order valence-electron chi connectivity index (χ2n) is 5.25. The van der Waals surface area contributed by atoms with Crippen molar-refractivity contribution in [2.45, 2.75) is 37.5 Å².